The highest BCUT2D eigenvalue weighted by Crippen LogP contribution is 2.17. The van der Waals surface area contributed by atoms with Crippen LogP contribution in [0, 0.1) is 13.8 Å². The van der Waals surface area contributed by atoms with Gasteiger partial charge in [0, 0.05) is 25.2 Å². The number of amides is 1. The van der Waals surface area contributed by atoms with Crippen molar-refractivity contribution in [3.05, 3.63) is 59.2 Å². The second kappa shape index (κ2) is 8.96. The van der Waals surface area contributed by atoms with Crippen LogP contribution in [0.5, 0.6) is 5.75 Å². The van der Waals surface area contributed by atoms with Gasteiger partial charge in [-0.2, -0.15) is 0 Å². The summed E-state index contributed by atoms with van der Waals surface area (Å²) in [5.41, 5.74) is 4.60. The van der Waals surface area contributed by atoms with Crippen molar-refractivity contribution in [1.82, 2.24) is 5.32 Å². The number of benzene rings is 2. The van der Waals surface area contributed by atoms with Crippen LogP contribution in [0.3, 0.4) is 0 Å². The average Bonchev–Trinajstić information content (AvgIpc) is 2.58. The van der Waals surface area contributed by atoms with Gasteiger partial charge in [-0.05, 0) is 49.1 Å². The average molecular weight is 326 g/mol. The third-order valence-electron chi connectivity index (χ3n) is 3.97. The highest BCUT2D eigenvalue weighted by atomic mass is 16.5. The molecule has 0 aromatic heterocycles. The van der Waals surface area contributed by atoms with Crippen LogP contribution in [0.25, 0.3) is 0 Å². The van der Waals surface area contributed by atoms with Crippen molar-refractivity contribution in [2.24, 2.45) is 0 Å². The lowest BCUT2D eigenvalue weighted by Gasteiger charge is -2.11. The van der Waals surface area contributed by atoms with Crippen LogP contribution in [0.15, 0.2) is 42.5 Å². The molecule has 0 fully saturated rings. The SMILES string of the molecule is COc1ccccc1CCNC(=O)CCNc1cc(C)ccc1C. The van der Waals surface area contributed by atoms with Gasteiger partial charge in [0.05, 0.1) is 7.11 Å². The zero-order valence-electron chi connectivity index (χ0n) is 14.7. The van der Waals surface area contributed by atoms with Crippen LogP contribution < -0.4 is 15.4 Å². The van der Waals surface area contributed by atoms with Gasteiger partial charge >= 0.3 is 0 Å². The molecule has 0 atom stereocenters. The van der Waals surface area contributed by atoms with Crippen molar-refractivity contribution in [3.8, 4) is 5.75 Å². The number of rotatable bonds is 8. The Morgan fingerprint density at radius 2 is 1.88 bits per heavy atom. The summed E-state index contributed by atoms with van der Waals surface area (Å²) in [6.07, 6.45) is 1.22. The molecule has 0 heterocycles. The molecule has 0 bridgehead atoms. The van der Waals surface area contributed by atoms with Crippen molar-refractivity contribution >= 4 is 11.6 Å². The lowest BCUT2D eigenvalue weighted by Crippen LogP contribution is -2.27. The Labute approximate surface area is 144 Å². The molecule has 24 heavy (non-hydrogen) atoms. The third-order valence-corrected chi connectivity index (χ3v) is 3.97. The van der Waals surface area contributed by atoms with Crippen LogP contribution in [-0.2, 0) is 11.2 Å². The Balaban J connectivity index is 1.71. The molecule has 0 radical (unpaired) electrons. The number of carbonyl (C=O) groups excluding carboxylic acids is 1. The summed E-state index contributed by atoms with van der Waals surface area (Å²) in [6.45, 7) is 5.37. The largest absolute Gasteiger partial charge is 0.496 e. The number of nitrogens with one attached hydrogen (secondary N) is 2. The zero-order valence-corrected chi connectivity index (χ0v) is 14.7. The number of para-hydroxylation sites is 1. The Morgan fingerprint density at radius 1 is 1.08 bits per heavy atom. The third kappa shape index (κ3) is 5.30. The first-order valence-electron chi connectivity index (χ1n) is 8.30. The quantitative estimate of drug-likeness (QED) is 0.781. The monoisotopic (exact) mass is 326 g/mol. The number of aryl methyl sites for hydroxylation is 2. The fourth-order valence-electron chi connectivity index (χ4n) is 2.57. The first-order valence-corrected chi connectivity index (χ1v) is 8.30. The Bertz CT molecular complexity index is 683. The molecule has 0 saturated carbocycles. The maximum absolute atomic E-state index is 11.9. The van der Waals surface area contributed by atoms with Crippen molar-refractivity contribution in [2.75, 3.05) is 25.5 Å². The van der Waals surface area contributed by atoms with Gasteiger partial charge in [-0.25, -0.2) is 0 Å². The summed E-state index contributed by atoms with van der Waals surface area (Å²) in [4.78, 5) is 11.9. The number of anilines is 1. The minimum Gasteiger partial charge on any atom is -0.496 e. The van der Waals surface area contributed by atoms with E-state index in [0.29, 0.717) is 19.5 Å². The number of carbonyl (C=O) groups is 1. The van der Waals surface area contributed by atoms with Gasteiger partial charge in [0.1, 0.15) is 5.75 Å². The molecule has 2 aromatic carbocycles. The zero-order chi connectivity index (χ0) is 17.4. The molecular weight excluding hydrogens is 300 g/mol. The van der Waals surface area contributed by atoms with E-state index >= 15 is 0 Å². The van der Waals surface area contributed by atoms with Crippen LogP contribution in [0.1, 0.15) is 23.1 Å². The molecule has 0 aliphatic carbocycles. The summed E-state index contributed by atoms with van der Waals surface area (Å²) in [5, 5.41) is 6.29. The molecule has 0 spiro atoms. The van der Waals surface area contributed by atoms with E-state index in [2.05, 4.69) is 42.7 Å². The minimum absolute atomic E-state index is 0.0581. The standard InChI is InChI=1S/C20H26N2O2/c1-15-8-9-16(2)18(14-15)21-13-11-20(23)22-12-10-17-6-4-5-7-19(17)24-3/h4-9,14,21H,10-13H2,1-3H3,(H,22,23). The molecule has 2 rings (SSSR count). The van der Waals surface area contributed by atoms with Gasteiger partial charge in [0.15, 0.2) is 0 Å². The van der Waals surface area contributed by atoms with Crippen molar-refractivity contribution in [3.63, 3.8) is 0 Å². The maximum Gasteiger partial charge on any atom is 0.221 e. The molecular formula is C20H26N2O2. The fourth-order valence-corrected chi connectivity index (χ4v) is 2.57. The van der Waals surface area contributed by atoms with Crippen molar-refractivity contribution in [1.29, 1.82) is 0 Å². The van der Waals surface area contributed by atoms with Crippen LogP contribution in [-0.4, -0.2) is 26.1 Å². The van der Waals surface area contributed by atoms with Gasteiger partial charge in [-0.3, -0.25) is 4.79 Å². The Kier molecular flexibility index (Phi) is 6.67. The fraction of sp³-hybridized carbons (Fsp3) is 0.350. The molecule has 0 saturated heterocycles. The van der Waals surface area contributed by atoms with Crippen LogP contribution in [0.2, 0.25) is 0 Å². The Morgan fingerprint density at radius 3 is 2.67 bits per heavy atom. The summed E-state index contributed by atoms with van der Waals surface area (Å²) in [6, 6.07) is 14.2. The van der Waals surface area contributed by atoms with E-state index in [1.807, 2.05) is 24.3 Å². The summed E-state index contributed by atoms with van der Waals surface area (Å²) in [7, 11) is 1.66. The van der Waals surface area contributed by atoms with E-state index in [1.165, 1.54) is 11.1 Å². The van der Waals surface area contributed by atoms with Crippen molar-refractivity contribution in [2.45, 2.75) is 26.7 Å². The topological polar surface area (TPSA) is 50.4 Å². The van der Waals surface area contributed by atoms with E-state index in [4.69, 9.17) is 4.74 Å². The maximum atomic E-state index is 11.9. The first-order chi connectivity index (χ1) is 11.6. The van der Waals surface area contributed by atoms with Gasteiger partial charge in [-0.15, -0.1) is 0 Å². The smallest absolute Gasteiger partial charge is 0.221 e. The lowest BCUT2D eigenvalue weighted by molar-refractivity contribution is -0.120. The molecule has 0 aliphatic rings. The summed E-state index contributed by atoms with van der Waals surface area (Å²) >= 11 is 0. The predicted molar refractivity (Wildman–Crippen MR) is 98.7 cm³/mol. The van der Waals surface area contributed by atoms with Gasteiger partial charge in [0.25, 0.3) is 0 Å². The van der Waals surface area contributed by atoms with E-state index in [-0.39, 0.29) is 5.91 Å². The number of methoxy groups -OCH3 is 1. The lowest BCUT2D eigenvalue weighted by atomic mass is 10.1. The summed E-state index contributed by atoms with van der Waals surface area (Å²) < 4.78 is 5.31. The Hall–Kier alpha value is -2.49. The minimum atomic E-state index is 0.0581. The summed E-state index contributed by atoms with van der Waals surface area (Å²) in [5.74, 6) is 0.922. The molecule has 4 heteroatoms. The van der Waals surface area contributed by atoms with E-state index < -0.39 is 0 Å². The van der Waals surface area contributed by atoms with Gasteiger partial charge in [-0.1, -0.05) is 30.3 Å². The molecule has 2 N–H and O–H groups in total. The van der Waals surface area contributed by atoms with Crippen molar-refractivity contribution < 1.29 is 9.53 Å². The van der Waals surface area contributed by atoms with E-state index in [1.54, 1.807) is 7.11 Å². The van der Waals surface area contributed by atoms with E-state index in [9.17, 15) is 4.79 Å². The molecule has 0 unspecified atom stereocenters. The highest BCUT2D eigenvalue weighted by Gasteiger charge is 2.05. The second-order valence-corrected chi connectivity index (χ2v) is 5.91. The number of hydrogen-bond donors (Lipinski definition) is 2. The number of hydrogen-bond acceptors (Lipinski definition) is 3. The van der Waals surface area contributed by atoms with Gasteiger partial charge in [0.2, 0.25) is 5.91 Å². The first kappa shape index (κ1) is 17.9. The molecule has 1 amide bonds. The molecule has 128 valence electrons. The van der Waals surface area contributed by atoms with Crippen LogP contribution >= 0.6 is 0 Å². The second-order valence-electron chi connectivity index (χ2n) is 5.91. The highest BCUT2D eigenvalue weighted by molar-refractivity contribution is 5.76. The van der Waals surface area contributed by atoms with Crippen LogP contribution in [0.4, 0.5) is 5.69 Å². The molecule has 4 nitrogen and oxygen atoms in total. The molecule has 2 aromatic rings. The molecule has 0 aliphatic heterocycles. The normalized spacial score (nSPS) is 10.3. The number of ether oxygens (including phenoxy) is 1. The predicted octanol–water partition coefficient (Wildman–Crippen LogP) is 3.47. The van der Waals surface area contributed by atoms with Gasteiger partial charge < -0.3 is 15.4 Å². The van der Waals surface area contributed by atoms with E-state index in [0.717, 1.165) is 23.4 Å².